The summed E-state index contributed by atoms with van der Waals surface area (Å²) in [6.45, 7) is 1.53. The van der Waals surface area contributed by atoms with E-state index in [4.69, 9.17) is 33.7 Å². The number of carbonyl (C=O) groups is 1. The van der Waals surface area contributed by atoms with Crippen molar-refractivity contribution in [3.05, 3.63) is 33.8 Å². The third-order valence-electron chi connectivity index (χ3n) is 3.79. The number of rotatable bonds is 4. The molecule has 5 heteroatoms. The van der Waals surface area contributed by atoms with Gasteiger partial charge in [0.25, 0.3) is 0 Å². The van der Waals surface area contributed by atoms with E-state index in [-0.39, 0.29) is 12.2 Å². The van der Waals surface area contributed by atoms with Crippen LogP contribution in [0.4, 0.5) is 0 Å². The first-order chi connectivity index (χ1) is 9.07. The van der Waals surface area contributed by atoms with Crippen molar-refractivity contribution in [2.45, 2.75) is 19.3 Å². The van der Waals surface area contributed by atoms with Gasteiger partial charge in [0.1, 0.15) is 5.78 Å². The number of ketones is 1. The number of nitrogens with two attached hydrogens (primary N) is 1. The molecule has 0 saturated carbocycles. The van der Waals surface area contributed by atoms with Crippen LogP contribution < -0.4 is 5.73 Å². The van der Waals surface area contributed by atoms with Crippen molar-refractivity contribution >= 4 is 29.0 Å². The van der Waals surface area contributed by atoms with Gasteiger partial charge < -0.3 is 10.5 Å². The molecule has 1 aromatic rings. The van der Waals surface area contributed by atoms with Crippen LogP contribution in [-0.2, 0) is 16.0 Å². The molecule has 0 spiro atoms. The van der Waals surface area contributed by atoms with E-state index < -0.39 is 5.41 Å². The second-order valence-corrected chi connectivity index (χ2v) is 5.78. The smallest absolute Gasteiger partial charge is 0.144 e. The summed E-state index contributed by atoms with van der Waals surface area (Å²) in [5, 5.41) is 1.15. The molecule has 3 nitrogen and oxygen atoms in total. The van der Waals surface area contributed by atoms with Gasteiger partial charge in [-0.25, -0.2) is 0 Å². The zero-order valence-corrected chi connectivity index (χ0v) is 12.1. The van der Waals surface area contributed by atoms with Gasteiger partial charge in [-0.1, -0.05) is 23.2 Å². The van der Waals surface area contributed by atoms with Gasteiger partial charge in [-0.3, -0.25) is 4.79 Å². The lowest BCUT2D eigenvalue weighted by molar-refractivity contribution is -0.132. The van der Waals surface area contributed by atoms with Crippen molar-refractivity contribution in [3.63, 3.8) is 0 Å². The maximum absolute atomic E-state index is 12.5. The van der Waals surface area contributed by atoms with Crippen LogP contribution >= 0.6 is 23.2 Å². The fraction of sp³-hybridized carbons (Fsp3) is 0.500. The molecule has 19 heavy (non-hydrogen) atoms. The molecule has 0 atom stereocenters. The van der Waals surface area contributed by atoms with Gasteiger partial charge in [0.2, 0.25) is 0 Å². The van der Waals surface area contributed by atoms with E-state index in [2.05, 4.69) is 0 Å². The van der Waals surface area contributed by atoms with Crippen LogP contribution in [0.2, 0.25) is 10.0 Å². The molecule has 0 unspecified atom stereocenters. The Labute approximate surface area is 123 Å². The molecule has 2 N–H and O–H groups in total. The van der Waals surface area contributed by atoms with Crippen molar-refractivity contribution in [2.75, 3.05) is 19.8 Å². The average Bonchev–Trinajstić information content (AvgIpc) is 2.43. The Bertz CT molecular complexity index is 471. The third-order valence-corrected chi connectivity index (χ3v) is 4.39. The lowest BCUT2D eigenvalue weighted by atomic mass is 9.74. The van der Waals surface area contributed by atoms with Crippen molar-refractivity contribution < 1.29 is 9.53 Å². The molecular formula is C14H17Cl2NO2. The number of halogens is 2. The minimum atomic E-state index is -0.468. The van der Waals surface area contributed by atoms with E-state index >= 15 is 0 Å². The molecule has 1 aliphatic heterocycles. The minimum Gasteiger partial charge on any atom is -0.381 e. The lowest BCUT2D eigenvalue weighted by Crippen LogP contribution is -2.44. The Morgan fingerprint density at radius 3 is 2.63 bits per heavy atom. The van der Waals surface area contributed by atoms with Gasteiger partial charge in [0, 0.05) is 41.6 Å². The molecule has 1 saturated heterocycles. The predicted molar refractivity (Wildman–Crippen MR) is 76.7 cm³/mol. The molecule has 0 aliphatic carbocycles. The maximum Gasteiger partial charge on any atom is 0.144 e. The number of ether oxygens (including phenoxy) is 1. The normalized spacial score (nSPS) is 18.3. The van der Waals surface area contributed by atoms with Crippen LogP contribution in [0.3, 0.4) is 0 Å². The first kappa shape index (κ1) is 14.8. The van der Waals surface area contributed by atoms with Gasteiger partial charge in [0.15, 0.2) is 0 Å². The quantitative estimate of drug-likeness (QED) is 0.930. The standard InChI is InChI=1S/C14H17Cl2NO2/c15-11-1-2-12(16)10(7-11)8-13(18)14(9-17)3-5-19-6-4-14/h1-2,7H,3-6,8-9,17H2. The first-order valence-corrected chi connectivity index (χ1v) is 7.08. The molecule has 1 heterocycles. The Morgan fingerprint density at radius 2 is 2.00 bits per heavy atom. The van der Waals surface area contributed by atoms with Gasteiger partial charge in [0.05, 0.1) is 0 Å². The maximum atomic E-state index is 12.5. The number of carbonyl (C=O) groups excluding carboxylic acids is 1. The summed E-state index contributed by atoms with van der Waals surface area (Å²) in [6, 6.07) is 5.17. The Hall–Kier alpha value is -0.610. The molecule has 1 fully saturated rings. The molecular weight excluding hydrogens is 285 g/mol. The van der Waals surface area contributed by atoms with Crippen LogP contribution in [0, 0.1) is 5.41 Å². The zero-order valence-electron chi connectivity index (χ0n) is 10.6. The fourth-order valence-corrected chi connectivity index (χ4v) is 2.78. The van der Waals surface area contributed by atoms with Gasteiger partial charge in [-0.05, 0) is 36.6 Å². The molecule has 0 radical (unpaired) electrons. The average molecular weight is 302 g/mol. The fourth-order valence-electron chi connectivity index (χ4n) is 2.40. The highest BCUT2D eigenvalue weighted by atomic mass is 35.5. The molecule has 0 bridgehead atoms. The van der Waals surface area contributed by atoms with Crippen molar-refractivity contribution in [1.29, 1.82) is 0 Å². The predicted octanol–water partition coefficient (Wildman–Crippen LogP) is 2.86. The summed E-state index contributed by atoms with van der Waals surface area (Å²) in [4.78, 5) is 12.5. The van der Waals surface area contributed by atoms with Gasteiger partial charge in [-0.15, -0.1) is 0 Å². The number of Topliss-reactive ketones (excluding diaryl/α,β-unsaturated/α-hetero) is 1. The Kier molecular flexibility index (Phi) is 4.85. The van der Waals surface area contributed by atoms with E-state index in [9.17, 15) is 4.79 Å². The third kappa shape index (κ3) is 3.29. The van der Waals surface area contributed by atoms with Gasteiger partial charge in [-0.2, -0.15) is 0 Å². The summed E-state index contributed by atoms with van der Waals surface area (Å²) >= 11 is 12.0. The zero-order chi connectivity index (χ0) is 13.9. The molecule has 104 valence electrons. The summed E-state index contributed by atoms with van der Waals surface area (Å²) in [5.74, 6) is 0.127. The summed E-state index contributed by atoms with van der Waals surface area (Å²) in [6.07, 6.45) is 1.64. The number of benzene rings is 1. The Morgan fingerprint density at radius 1 is 1.32 bits per heavy atom. The van der Waals surface area contributed by atoms with Crippen LogP contribution in [0.1, 0.15) is 18.4 Å². The number of hydrogen-bond donors (Lipinski definition) is 1. The van der Waals surface area contributed by atoms with Crippen LogP contribution in [0.25, 0.3) is 0 Å². The highest BCUT2D eigenvalue weighted by molar-refractivity contribution is 6.33. The SMILES string of the molecule is NCC1(C(=O)Cc2cc(Cl)ccc2Cl)CCOCC1. The monoisotopic (exact) mass is 301 g/mol. The highest BCUT2D eigenvalue weighted by Crippen LogP contribution is 2.33. The topological polar surface area (TPSA) is 52.3 Å². The summed E-state index contributed by atoms with van der Waals surface area (Å²) < 4.78 is 5.31. The van der Waals surface area contributed by atoms with Crippen LogP contribution in [-0.4, -0.2) is 25.5 Å². The summed E-state index contributed by atoms with van der Waals surface area (Å²) in [7, 11) is 0. The van der Waals surface area contributed by atoms with Crippen LogP contribution in [0.15, 0.2) is 18.2 Å². The molecule has 1 aromatic carbocycles. The first-order valence-electron chi connectivity index (χ1n) is 6.32. The van der Waals surface area contributed by atoms with E-state index in [1.807, 2.05) is 0 Å². The molecule has 0 amide bonds. The van der Waals surface area contributed by atoms with Crippen molar-refractivity contribution in [1.82, 2.24) is 0 Å². The second kappa shape index (κ2) is 6.23. The van der Waals surface area contributed by atoms with E-state index in [1.54, 1.807) is 18.2 Å². The highest BCUT2D eigenvalue weighted by Gasteiger charge is 2.38. The van der Waals surface area contributed by atoms with E-state index in [1.165, 1.54) is 0 Å². The van der Waals surface area contributed by atoms with E-state index in [0.717, 1.165) is 5.56 Å². The molecule has 0 aromatic heterocycles. The number of hydrogen-bond acceptors (Lipinski definition) is 3. The van der Waals surface area contributed by atoms with E-state index in [0.29, 0.717) is 42.6 Å². The van der Waals surface area contributed by atoms with Gasteiger partial charge >= 0.3 is 0 Å². The molecule has 2 rings (SSSR count). The minimum absolute atomic E-state index is 0.127. The lowest BCUT2D eigenvalue weighted by Gasteiger charge is -2.34. The largest absolute Gasteiger partial charge is 0.381 e. The van der Waals surface area contributed by atoms with Crippen LogP contribution in [0.5, 0.6) is 0 Å². The van der Waals surface area contributed by atoms with Crippen molar-refractivity contribution in [3.8, 4) is 0 Å². The summed E-state index contributed by atoms with van der Waals surface area (Å²) in [5.41, 5.74) is 6.12. The van der Waals surface area contributed by atoms with Crippen molar-refractivity contribution in [2.24, 2.45) is 11.1 Å². The second-order valence-electron chi connectivity index (χ2n) is 4.93. The Balaban J connectivity index is 2.17. The molecule has 1 aliphatic rings.